The highest BCUT2D eigenvalue weighted by molar-refractivity contribution is 7.16. The van der Waals surface area contributed by atoms with Crippen molar-refractivity contribution in [3.63, 3.8) is 0 Å². The monoisotopic (exact) mass is 366 g/mol. The van der Waals surface area contributed by atoms with Crippen molar-refractivity contribution in [1.29, 1.82) is 0 Å². The Kier molecular flexibility index (Phi) is 4.89. The predicted molar refractivity (Wildman–Crippen MR) is 93.3 cm³/mol. The zero-order chi connectivity index (χ0) is 16.4. The van der Waals surface area contributed by atoms with Crippen molar-refractivity contribution in [3.8, 4) is 10.6 Å². The van der Waals surface area contributed by atoms with Gasteiger partial charge in [0.2, 0.25) is 0 Å². The lowest BCUT2D eigenvalue weighted by Gasteiger charge is -1.98. The van der Waals surface area contributed by atoms with Crippen LogP contribution in [0.25, 0.3) is 10.6 Å². The van der Waals surface area contributed by atoms with Gasteiger partial charge in [0.05, 0.1) is 45.5 Å². The molecule has 0 fully saturated rings. The van der Waals surface area contributed by atoms with Crippen LogP contribution in [0.1, 0.15) is 22.6 Å². The van der Waals surface area contributed by atoms with Gasteiger partial charge in [-0.15, -0.1) is 22.7 Å². The van der Waals surface area contributed by atoms with Gasteiger partial charge in [0.1, 0.15) is 5.01 Å². The Morgan fingerprint density at radius 1 is 1.35 bits per heavy atom. The van der Waals surface area contributed by atoms with Gasteiger partial charge in [-0.2, -0.15) is 5.10 Å². The summed E-state index contributed by atoms with van der Waals surface area (Å²) in [6, 6.07) is 0. The average molecular weight is 367 g/mol. The molecule has 0 bridgehead atoms. The van der Waals surface area contributed by atoms with Gasteiger partial charge in [-0.1, -0.05) is 18.5 Å². The first-order valence-corrected chi connectivity index (χ1v) is 9.23. The number of aryl methyl sites for hydroxylation is 2. The molecule has 0 aliphatic rings. The molecule has 23 heavy (non-hydrogen) atoms. The van der Waals surface area contributed by atoms with Gasteiger partial charge >= 0.3 is 0 Å². The van der Waals surface area contributed by atoms with Gasteiger partial charge in [-0.3, -0.25) is 9.48 Å². The Labute approximate surface area is 147 Å². The third-order valence-electron chi connectivity index (χ3n) is 3.22. The third-order valence-corrected chi connectivity index (χ3v) is 5.58. The van der Waals surface area contributed by atoms with Crippen molar-refractivity contribution in [3.05, 3.63) is 38.5 Å². The van der Waals surface area contributed by atoms with Crippen LogP contribution < -0.4 is 0 Å². The molecule has 0 radical (unpaired) electrons. The minimum Gasteiger partial charge on any atom is -0.297 e. The van der Waals surface area contributed by atoms with Crippen LogP contribution in [0, 0.1) is 6.92 Å². The van der Waals surface area contributed by atoms with Crippen LogP contribution in [0.5, 0.6) is 0 Å². The molecule has 0 amide bonds. The van der Waals surface area contributed by atoms with Gasteiger partial charge in [0, 0.05) is 11.6 Å². The van der Waals surface area contributed by atoms with Crippen molar-refractivity contribution < 1.29 is 4.79 Å². The molecule has 3 rings (SSSR count). The summed E-state index contributed by atoms with van der Waals surface area (Å²) in [5.74, 6) is 0.0564. The van der Waals surface area contributed by atoms with E-state index in [4.69, 9.17) is 11.6 Å². The lowest BCUT2D eigenvalue weighted by atomic mass is 10.3. The SMILES string of the molecule is CCc1nc(C)c(-c2csc(CC(=O)Cn3cc(Cl)cn3)n2)s1. The number of rotatable bonds is 6. The van der Waals surface area contributed by atoms with Crippen molar-refractivity contribution in [2.45, 2.75) is 33.2 Å². The molecule has 0 aliphatic heterocycles. The first-order chi connectivity index (χ1) is 11.0. The molecule has 0 unspecified atom stereocenters. The number of hydrogen-bond acceptors (Lipinski definition) is 6. The van der Waals surface area contributed by atoms with E-state index < -0.39 is 0 Å². The maximum absolute atomic E-state index is 12.1. The number of nitrogens with zero attached hydrogens (tertiary/aromatic N) is 4. The lowest BCUT2D eigenvalue weighted by Crippen LogP contribution is -2.12. The molecule has 120 valence electrons. The second kappa shape index (κ2) is 6.90. The Morgan fingerprint density at radius 2 is 2.17 bits per heavy atom. The Bertz CT molecular complexity index is 836. The molecule has 0 aromatic carbocycles. The van der Waals surface area contributed by atoms with Crippen LogP contribution in [0.2, 0.25) is 5.02 Å². The first-order valence-electron chi connectivity index (χ1n) is 7.16. The number of Topliss-reactive ketones (excluding diaryl/α,β-unsaturated/α-hetero) is 1. The minimum atomic E-state index is 0.0564. The number of thiazole rings is 2. The molecule has 0 N–H and O–H groups in total. The molecule has 0 saturated carbocycles. The van der Waals surface area contributed by atoms with E-state index in [0.717, 1.165) is 32.7 Å². The summed E-state index contributed by atoms with van der Waals surface area (Å²) < 4.78 is 1.54. The molecular weight excluding hydrogens is 352 g/mol. The second-order valence-corrected chi connectivity index (χ2v) is 7.54. The van der Waals surface area contributed by atoms with Gasteiger partial charge in [-0.05, 0) is 13.3 Å². The quantitative estimate of drug-likeness (QED) is 0.665. The van der Waals surface area contributed by atoms with E-state index in [1.807, 2.05) is 12.3 Å². The number of hydrogen-bond donors (Lipinski definition) is 0. The summed E-state index contributed by atoms with van der Waals surface area (Å²) in [7, 11) is 0. The highest BCUT2D eigenvalue weighted by atomic mass is 35.5. The fourth-order valence-corrected chi connectivity index (χ4v) is 4.18. The summed E-state index contributed by atoms with van der Waals surface area (Å²) in [6.45, 7) is 4.30. The van der Waals surface area contributed by atoms with Crippen LogP contribution in [-0.2, 0) is 24.2 Å². The summed E-state index contributed by atoms with van der Waals surface area (Å²) >= 11 is 8.97. The zero-order valence-electron chi connectivity index (χ0n) is 12.7. The van der Waals surface area contributed by atoms with Gasteiger partial charge in [0.25, 0.3) is 0 Å². The highest BCUT2D eigenvalue weighted by Gasteiger charge is 2.14. The van der Waals surface area contributed by atoms with Crippen molar-refractivity contribution in [2.75, 3.05) is 0 Å². The lowest BCUT2D eigenvalue weighted by molar-refractivity contribution is -0.119. The van der Waals surface area contributed by atoms with E-state index >= 15 is 0 Å². The van der Waals surface area contributed by atoms with E-state index in [2.05, 4.69) is 22.0 Å². The van der Waals surface area contributed by atoms with Crippen molar-refractivity contribution >= 4 is 40.1 Å². The van der Waals surface area contributed by atoms with E-state index in [1.165, 1.54) is 17.5 Å². The number of carbonyl (C=O) groups excluding carboxylic acids is 1. The Hall–Kier alpha value is -1.57. The fraction of sp³-hybridized carbons (Fsp3) is 0.333. The normalized spacial score (nSPS) is 11.1. The molecule has 8 heteroatoms. The zero-order valence-corrected chi connectivity index (χ0v) is 15.1. The number of halogens is 1. The van der Waals surface area contributed by atoms with Crippen LogP contribution >= 0.6 is 34.3 Å². The standard InChI is InChI=1S/C15H15ClN4OS2/c1-3-13-18-9(2)15(23-13)12-8-22-14(19-12)4-11(21)7-20-6-10(16)5-17-20/h5-6,8H,3-4,7H2,1-2H3. The number of ketones is 1. The van der Waals surface area contributed by atoms with Gasteiger partial charge in [0.15, 0.2) is 5.78 Å². The summed E-state index contributed by atoms with van der Waals surface area (Å²) in [4.78, 5) is 22.3. The van der Waals surface area contributed by atoms with Crippen molar-refractivity contribution in [2.24, 2.45) is 0 Å². The van der Waals surface area contributed by atoms with E-state index in [9.17, 15) is 4.79 Å². The maximum atomic E-state index is 12.1. The molecular formula is C15H15ClN4OS2. The minimum absolute atomic E-state index is 0.0564. The predicted octanol–water partition coefficient (Wildman–Crippen LogP) is 3.80. The molecule has 3 aromatic rings. The van der Waals surface area contributed by atoms with Crippen LogP contribution in [0.4, 0.5) is 0 Å². The van der Waals surface area contributed by atoms with Gasteiger partial charge < -0.3 is 0 Å². The largest absolute Gasteiger partial charge is 0.297 e. The van der Waals surface area contributed by atoms with Crippen LogP contribution in [-0.4, -0.2) is 25.5 Å². The second-order valence-electron chi connectivity index (χ2n) is 5.07. The van der Waals surface area contributed by atoms with Crippen molar-refractivity contribution in [1.82, 2.24) is 19.7 Å². The molecule has 3 heterocycles. The fourth-order valence-electron chi connectivity index (χ4n) is 2.17. The molecule has 5 nitrogen and oxygen atoms in total. The number of aromatic nitrogens is 4. The molecule has 0 saturated heterocycles. The summed E-state index contributed by atoms with van der Waals surface area (Å²) in [5, 5.41) is 8.46. The highest BCUT2D eigenvalue weighted by Crippen LogP contribution is 2.31. The smallest absolute Gasteiger partial charge is 0.161 e. The number of carbonyl (C=O) groups is 1. The topological polar surface area (TPSA) is 60.7 Å². The molecule has 0 spiro atoms. The Morgan fingerprint density at radius 3 is 2.83 bits per heavy atom. The Balaban J connectivity index is 1.69. The van der Waals surface area contributed by atoms with Gasteiger partial charge in [-0.25, -0.2) is 9.97 Å². The summed E-state index contributed by atoms with van der Waals surface area (Å²) in [5.41, 5.74) is 1.91. The van der Waals surface area contributed by atoms with Crippen LogP contribution in [0.3, 0.4) is 0 Å². The van der Waals surface area contributed by atoms with Crippen LogP contribution in [0.15, 0.2) is 17.8 Å². The molecule has 3 aromatic heterocycles. The van der Waals surface area contributed by atoms with E-state index in [0.29, 0.717) is 11.4 Å². The maximum Gasteiger partial charge on any atom is 0.161 e. The first kappa shape index (κ1) is 16.3. The molecule has 0 aliphatic carbocycles. The van der Waals surface area contributed by atoms with E-state index in [-0.39, 0.29) is 12.3 Å². The average Bonchev–Trinajstić information content (AvgIpc) is 3.20. The molecule has 0 atom stereocenters. The third kappa shape index (κ3) is 3.85. The van der Waals surface area contributed by atoms with E-state index in [1.54, 1.807) is 22.2 Å². The summed E-state index contributed by atoms with van der Waals surface area (Å²) in [6.07, 6.45) is 4.39.